The maximum absolute atomic E-state index is 9.25. The molecule has 6 heteroatoms. The third-order valence-electron chi connectivity index (χ3n) is 2.87. The van der Waals surface area contributed by atoms with Gasteiger partial charge in [0, 0.05) is 11.1 Å². The number of nitrogens with zero attached hydrogens (tertiary/aromatic N) is 4. The van der Waals surface area contributed by atoms with E-state index in [0.717, 1.165) is 16.3 Å². The summed E-state index contributed by atoms with van der Waals surface area (Å²) in [5.74, 6) is 1.77. The maximum atomic E-state index is 9.25. The van der Waals surface area contributed by atoms with Crippen molar-refractivity contribution < 1.29 is 4.52 Å². The fourth-order valence-electron chi connectivity index (χ4n) is 1.79. The first-order valence-corrected chi connectivity index (χ1v) is 7.64. The van der Waals surface area contributed by atoms with Gasteiger partial charge in [0.25, 0.3) is 0 Å². The van der Waals surface area contributed by atoms with E-state index >= 15 is 0 Å². The first kappa shape index (κ1) is 15.5. The molecule has 0 unspecified atom stereocenters. The molecule has 0 radical (unpaired) electrons. The Labute approximate surface area is 128 Å². The van der Waals surface area contributed by atoms with E-state index < -0.39 is 0 Å². The lowest BCUT2D eigenvalue weighted by atomic mass is 9.97. The summed E-state index contributed by atoms with van der Waals surface area (Å²) < 4.78 is 5.26. The van der Waals surface area contributed by atoms with Crippen LogP contribution in [0.5, 0.6) is 0 Å². The van der Waals surface area contributed by atoms with Crippen molar-refractivity contribution in [3.8, 4) is 6.07 Å². The number of hydrogen-bond acceptors (Lipinski definition) is 6. The largest absolute Gasteiger partial charge is 0.339 e. The molecule has 2 aromatic rings. The molecule has 0 fully saturated rings. The van der Waals surface area contributed by atoms with Gasteiger partial charge in [0.1, 0.15) is 11.1 Å². The zero-order valence-corrected chi connectivity index (χ0v) is 13.7. The molecule has 0 aliphatic rings. The van der Waals surface area contributed by atoms with Gasteiger partial charge in [-0.2, -0.15) is 10.2 Å². The summed E-state index contributed by atoms with van der Waals surface area (Å²) in [6, 6.07) is 4.12. The molecule has 0 atom stereocenters. The summed E-state index contributed by atoms with van der Waals surface area (Å²) in [6.45, 7) is 9.91. The van der Waals surface area contributed by atoms with E-state index in [4.69, 9.17) is 4.52 Å². The van der Waals surface area contributed by atoms with Crippen LogP contribution in [-0.4, -0.2) is 15.1 Å². The van der Waals surface area contributed by atoms with Crippen LogP contribution in [0.2, 0.25) is 0 Å². The van der Waals surface area contributed by atoms with E-state index in [0.29, 0.717) is 23.0 Å². The lowest BCUT2D eigenvalue weighted by molar-refractivity contribution is 0.319. The minimum absolute atomic E-state index is 0.161. The molecule has 110 valence electrons. The smallest absolute Gasteiger partial charge is 0.232 e. The van der Waals surface area contributed by atoms with Crippen LogP contribution >= 0.6 is 11.8 Å². The zero-order valence-electron chi connectivity index (χ0n) is 12.9. The molecular weight excluding hydrogens is 284 g/mol. The SMILES string of the molecule is Cc1cc(C)c(C#N)c(SCc2noc(C(C)(C)C)n2)n1. The van der Waals surface area contributed by atoms with Gasteiger partial charge in [-0.25, -0.2) is 4.98 Å². The molecular formula is C15H18N4OS. The third kappa shape index (κ3) is 3.61. The summed E-state index contributed by atoms with van der Waals surface area (Å²) in [5.41, 5.74) is 2.30. The second-order valence-corrected chi connectivity index (χ2v) is 6.89. The highest BCUT2D eigenvalue weighted by molar-refractivity contribution is 7.98. The lowest BCUT2D eigenvalue weighted by Gasteiger charge is -2.10. The average Bonchev–Trinajstić information content (AvgIpc) is 2.84. The van der Waals surface area contributed by atoms with Gasteiger partial charge in [0.05, 0.1) is 11.3 Å². The summed E-state index contributed by atoms with van der Waals surface area (Å²) in [4.78, 5) is 8.82. The number of thioether (sulfide) groups is 1. The van der Waals surface area contributed by atoms with Crippen LogP contribution in [0.25, 0.3) is 0 Å². The van der Waals surface area contributed by atoms with Gasteiger partial charge in [-0.3, -0.25) is 0 Å². The Kier molecular flexibility index (Phi) is 4.33. The minimum Gasteiger partial charge on any atom is -0.339 e. The minimum atomic E-state index is -0.161. The molecule has 0 spiro atoms. The van der Waals surface area contributed by atoms with Gasteiger partial charge < -0.3 is 4.52 Å². The van der Waals surface area contributed by atoms with E-state index in [1.54, 1.807) is 0 Å². The Hall–Kier alpha value is -1.87. The predicted octanol–water partition coefficient (Wildman–Crippen LogP) is 3.54. The Morgan fingerprint density at radius 1 is 1.29 bits per heavy atom. The van der Waals surface area contributed by atoms with Crippen molar-refractivity contribution in [3.05, 3.63) is 34.6 Å². The Balaban J connectivity index is 2.17. The van der Waals surface area contributed by atoms with Gasteiger partial charge in [0.15, 0.2) is 5.82 Å². The molecule has 0 bridgehead atoms. The molecule has 0 aliphatic carbocycles. The van der Waals surface area contributed by atoms with Gasteiger partial charge in [0.2, 0.25) is 5.89 Å². The van der Waals surface area contributed by atoms with E-state index in [-0.39, 0.29) is 5.41 Å². The van der Waals surface area contributed by atoms with E-state index in [9.17, 15) is 5.26 Å². The number of nitriles is 1. The van der Waals surface area contributed by atoms with Crippen molar-refractivity contribution in [2.24, 2.45) is 0 Å². The van der Waals surface area contributed by atoms with Gasteiger partial charge >= 0.3 is 0 Å². The Bertz CT molecular complexity index is 695. The maximum Gasteiger partial charge on any atom is 0.232 e. The van der Waals surface area contributed by atoms with Crippen LogP contribution in [0.15, 0.2) is 15.6 Å². The van der Waals surface area contributed by atoms with Crippen LogP contribution in [0.4, 0.5) is 0 Å². The number of rotatable bonds is 3. The number of pyridine rings is 1. The predicted molar refractivity (Wildman–Crippen MR) is 81.0 cm³/mol. The topological polar surface area (TPSA) is 75.6 Å². The summed E-state index contributed by atoms with van der Waals surface area (Å²) in [6.07, 6.45) is 0. The van der Waals surface area contributed by atoms with Crippen LogP contribution in [0.3, 0.4) is 0 Å². The zero-order chi connectivity index (χ0) is 15.6. The highest BCUT2D eigenvalue weighted by atomic mass is 32.2. The van der Waals surface area contributed by atoms with E-state index in [1.165, 1.54) is 11.8 Å². The molecule has 21 heavy (non-hydrogen) atoms. The van der Waals surface area contributed by atoms with Gasteiger partial charge in [-0.15, -0.1) is 0 Å². The van der Waals surface area contributed by atoms with Crippen LogP contribution in [0.1, 0.15) is 49.3 Å². The average molecular weight is 302 g/mol. The number of hydrogen-bond donors (Lipinski definition) is 0. The molecule has 0 N–H and O–H groups in total. The molecule has 0 aliphatic heterocycles. The van der Waals surface area contributed by atoms with E-state index in [1.807, 2.05) is 40.7 Å². The van der Waals surface area contributed by atoms with Gasteiger partial charge in [-0.1, -0.05) is 37.7 Å². The van der Waals surface area contributed by atoms with Crippen LogP contribution in [-0.2, 0) is 11.2 Å². The molecule has 0 saturated heterocycles. The highest BCUT2D eigenvalue weighted by Crippen LogP contribution is 2.27. The summed E-state index contributed by atoms with van der Waals surface area (Å²) in [5, 5.41) is 13.9. The second-order valence-electron chi connectivity index (χ2n) is 5.93. The summed E-state index contributed by atoms with van der Waals surface area (Å²) >= 11 is 1.46. The molecule has 0 amide bonds. The van der Waals surface area contributed by atoms with Gasteiger partial charge in [-0.05, 0) is 25.5 Å². The fraction of sp³-hybridized carbons (Fsp3) is 0.467. The quantitative estimate of drug-likeness (QED) is 0.807. The fourth-order valence-corrected chi connectivity index (χ4v) is 2.74. The molecule has 0 saturated carbocycles. The molecule has 0 aromatic carbocycles. The van der Waals surface area contributed by atoms with Crippen molar-refractivity contribution >= 4 is 11.8 Å². The van der Waals surface area contributed by atoms with E-state index in [2.05, 4.69) is 21.2 Å². The molecule has 2 heterocycles. The summed E-state index contributed by atoms with van der Waals surface area (Å²) in [7, 11) is 0. The van der Waals surface area contributed by atoms with Crippen LogP contribution < -0.4 is 0 Å². The number of aryl methyl sites for hydroxylation is 2. The second kappa shape index (κ2) is 5.86. The lowest BCUT2D eigenvalue weighted by Crippen LogP contribution is -2.11. The number of aromatic nitrogens is 3. The normalized spacial score (nSPS) is 11.4. The molecule has 5 nitrogen and oxygen atoms in total. The van der Waals surface area contributed by atoms with Crippen molar-refractivity contribution in [2.75, 3.05) is 0 Å². The Morgan fingerprint density at radius 2 is 2.00 bits per heavy atom. The van der Waals surface area contributed by atoms with Crippen molar-refractivity contribution in [2.45, 2.75) is 50.8 Å². The van der Waals surface area contributed by atoms with Crippen molar-refractivity contribution in [3.63, 3.8) is 0 Å². The monoisotopic (exact) mass is 302 g/mol. The molecule has 2 rings (SSSR count). The van der Waals surface area contributed by atoms with Crippen LogP contribution in [0, 0.1) is 25.2 Å². The molecule has 2 aromatic heterocycles. The van der Waals surface area contributed by atoms with Crippen molar-refractivity contribution in [1.29, 1.82) is 5.26 Å². The Morgan fingerprint density at radius 3 is 2.57 bits per heavy atom. The third-order valence-corrected chi connectivity index (χ3v) is 3.84. The first-order valence-electron chi connectivity index (χ1n) is 6.65. The van der Waals surface area contributed by atoms with Crippen molar-refractivity contribution in [1.82, 2.24) is 15.1 Å². The standard InChI is InChI=1S/C15H18N4OS/c1-9-6-10(2)17-13(11(9)7-16)21-8-12-18-14(20-19-12)15(3,4)5/h6H,8H2,1-5H3. The highest BCUT2D eigenvalue weighted by Gasteiger charge is 2.22. The first-order chi connectivity index (χ1) is 9.81.